The van der Waals surface area contributed by atoms with E-state index >= 15 is 0 Å². The van der Waals surface area contributed by atoms with Crippen LogP contribution in [-0.2, 0) is 25.5 Å². The molecule has 0 unspecified atom stereocenters. The molecule has 0 bridgehead atoms. The number of nitrogens with one attached hydrogen (secondary N) is 1. The molecular formula is C32H34N2O7. The Morgan fingerprint density at radius 2 is 1.68 bits per heavy atom. The second-order valence-corrected chi connectivity index (χ2v) is 11.2. The smallest absolute Gasteiger partial charge is 0.407 e. The second-order valence-electron chi connectivity index (χ2n) is 11.2. The first-order chi connectivity index (χ1) is 19.6. The Kier molecular flexibility index (Phi) is 7.88. The summed E-state index contributed by atoms with van der Waals surface area (Å²) in [7, 11) is 0. The first-order valence-electron chi connectivity index (χ1n) is 13.7. The first-order valence-corrected chi connectivity index (χ1v) is 13.7. The van der Waals surface area contributed by atoms with Crippen molar-refractivity contribution < 1.29 is 33.7 Å². The van der Waals surface area contributed by atoms with Crippen LogP contribution in [0.5, 0.6) is 5.75 Å². The number of aliphatic carboxylic acids is 1. The molecule has 0 fully saturated rings. The van der Waals surface area contributed by atoms with Gasteiger partial charge in [-0.3, -0.25) is 4.79 Å². The summed E-state index contributed by atoms with van der Waals surface area (Å²) in [6.07, 6.45) is -0.778. The molecule has 1 amide bonds. The molecule has 9 nitrogen and oxygen atoms in total. The van der Waals surface area contributed by atoms with Crippen LogP contribution in [0.15, 0.2) is 66.7 Å². The number of fused-ring (bicyclic) bond motifs is 4. The Bertz CT molecular complexity index is 1420. The van der Waals surface area contributed by atoms with E-state index in [2.05, 4.69) is 5.32 Å². The van der Waals surface area contributed by atoms with E-state index in [9.17, 15) is 19.5 Å². The standard InChI is InChI=1S/C32H34N2O7/c1-32(2,3)41-29(35)18-34-14-15-39-28-13-12-20(17-27(28)34)16-26(30(36)37)33-31(38)40-19-25-23-10-6-4-8-21(23)22-9-5-7-11-24(22)25/h4-13,17,25-26H,14-16,18-19H2,1-3H3,(H,33,38)(H,36,37)/t26-/m0/s1. The highest BCUT2D eigenvalue weighted by Gasteiger charge is 2.30. The summed E-state index contributed by atoms with van der Waals surface area (Å²) in [5, 5.41) is 12.4. The minimum absolute atomic E-state index is 0.0209. The van der Waals surface area contributed by atoms with Crippen LogP contribution in [0.25, 0.3) is 11.1 Å². The molecule has 214 valence electrons. The molecule has 1 heterocycles. The van der Waals surface area contributed by atoms with Crippen LogP contribution in [0, 0.1) is 0 Å². The summed E-state index contributed by atoms with van der Waals surface area (Å²) < 4.78 is 16.8. The molecule has 2 N–H and O–H groups in total. The number of hydrogen-bond acceptors (Lipinski definition) is 7. The zero-order valence-electron chi connectivity index (χ0n) is 23.4. The third kappa shape index (κ3) is 6.45. The van der Waals surface area contributed by atoms with Crippen LogP contribution in [0.1, 0.15) is 43.4 Å². The molecule has 0 radical (unpaired) electrons. The number of carbonyl (C=O) groups is 3. The average Bonchev–Trinajstić information content (AvgIpc) is 3.24. The fourth-order valence-electron chi connectivity index (χ4n) is 5.36. The zero-order chi connectivity index (χ0) is 29.1. The van der Waals surface area contributed by atoms with Gasteiger partial charge < -0.3 is 29.5 Å². The number of nitrogens with zero attached hydrogens (tertiary/aromatic N) is 1. The molecule has 2 aliphatic rings. The maximum Gasteiger partial charge on any atom is 0.407 e. The van der Waals surface area contributed by atoms with Crippen molar-refractivity contribution in [2.75, 3.05) is 31.2 Å². The number of rotatable bonds is 8. The molecule has 3 aromatic carbocycles. The lowest BCUT2D eigenvalue weighted by molar-refractivity contribution is -0.153. The number of hydrogen-bond donors (Lipinski definition) is 2. The van der Waals surface area contributed by atoms with E-state index in [1.54, 1.807) is 18.2 Å². The van der Waals surface area contributed by atoms with Gasteiger partial charge in [0.25, 0.3) is 0 Å². The monoisotopic (exact) mass is 558 g/mol. The summed E-state index contributed by atoms with van der Waals surface area (Å²) in [4.78, 5) is 39.2. The number of alkyl carbamates (subject to hydrolysis) is 1. The molecule has 1 aliphatic heterocycles. The molecule has 0 aromatic heterocycles. The maximum absolute atomic E-state index is 12.8. The van der Waals surface area contributed by atoms with Gasteiger partial charge in [0.15, 0.2) is 0 Å². The van der Waals surface area contributed by atoms with Gasteiger partial charge in [0.2, 0.25) is 0 Å². The maximum atomic E-state index is 12.8. The van der Waals surface area contributed by atoms with Crippen LogP contribution in [0.2, 0.25) is 0 Å². The molecule has 3 aromatic rings. The molecule has 1 aliphatic carbocycles. The van der Waals surface area contributed by atoms with E-state index in [-0.39, 0.29) is 31.5 Å². The van der Waals surface area contributed by atoms with Gasteiger partial charge in [-0.15, -0.1) is 0 Å². The Morgan fingerprint density at radius 3 is 2.32 bits per heavy atom. The van der Waals surface area contributed by atoms with Gasteiger partial charge in [-0.25, -0.2) is 9.59 Å². The lowest BCUT2D eigenvalue weighted by Gasteiger charge is -2.32. The van der Waals surface area contributed by atoms with E-state index in [4.69, 9.17) is 14.2 Å². The van der Waals surface area contributed by atoms with Crippen molar-refractivity contribution in [3.8, 4) is 16.9 Å². The van der Waals surface area contributed by atoms with Gasteiger partial charge >= 0.3 is 18.0 Å². The molecule has 0 spiro atoms. The number of ether oxygens (including phenoxy) is 3. The van der Waals surface area contributed by atoms with Crippen molar-refractivity contribution in [1.29, 1.82) is 0 Å². The van der Waals surface area contributed by atoms with Crippen LogP contribution in [-0.4, -0.2) is 61.1 Å². The van der Waals surface area contributed by atoms with Crippen molar-refractivity contribution >= 4 is 23.7 Å². The Labute approximate surface area is 239 Å². The van der Waals surface area contributed by atoms with Crippen molar-refractivity contribution in [1.82, 2.24) is 5.32 Å². The summed E-state index contributed by atoms with van der Waals surface area (Å²) in [5.74, 6) is -1.08. The quantitative estimate of drug-likeness (QED) is 0.381. The van der Waals surface area contributed by atoms with Crippen molar-refractivity contribution in [2.45, 2.75) is 44.8 Å². The van der Waals surface area contributed by atoms with Crippen LogP contribution < -0.4 is 15.0 Å². The predicted octanol–water partition coefficient (Wildman–Crippen LogP) is 4.76. The SMILES string of the molecule is CC(C)(C)OC(=O)CN1CCOc2ccc(C[C@H](NC(=O)OCC3c4ccccc4-c4ccccc43)C(=O)O)cc21. The highest BCUT2D eigenvalue weighted by atomic mass is 16.6. The number of benzene rings is 3. The van der Waals surface area contributed by atoms with E-state index in [1.165, 1.54) is 0 Å². The van der Waals surface area contributed by atoms with Crippen molar-refractivity contribution in [3.05, 3.63) is 83.4 Å². The van der Waals surface area contributed by atoms with E-state index in [0.717, 1.165) is 22.3 Å². The minimum atomic E-state index is -1.22. The average molecular weight is 559 g/mol. The summed E-state index contributed by atoms with van der Waals surface area (Å²) in [6, 6.07) is 20.1. The van der Waals surface area contributed by atoms with Crippen LogP contribution in [0.4, 0.5) is 10.5 Å². The fourth-order valence-corrected chi connectivity index (χ4v) is 5.36. The van der Waals surface area contributed by atoms with Gasteiger partial charge in [-0.05, 0) is 60.7 Å². The van der Waals surface area contributed by atoms with Gasteiger partial charge in [-0.1, -0.05) is 54.6 Å². The summed E-state index contributed by atoms with van der Waals surface area (Å²) in [5.41, 5.74) is 5.09. The highest BCUT2D eigenvalue weighted by Crippen LogP contribution is 2.44. The third-order valence-electron chi connectivity index (χ3n) is 7.10. The number of amides is 1. The van der Waals surface area contributed by atoms with E-state index in [1.807, 2.05) is 74.2 Å². The number of esters is 1. The zero-order valence-corrected chi connectivity index (χ0v) is 23.4. The molecule has 0 saturated heterocycles. The van der Waals surface area contributed by atoms with Gasteiger partial charge in [-0.2, -0.15) is 0 Å². The molecule has 41 heavy (non-hydrogen) atoms. The normalized spacial score (nSPS) is 14.7. The summed E-state index contributed by atoms with van der Waals surface area (Å²) in [6.45, 7) is 6.45. The lowest BCUT2D eigenvalue weighted by atomic mass is 9.98. The highest BCUT2D eigenvalue weighted by molar-refractivity contribution is 5.82. The fraction of sp³-hybridized carbons (Fsp3) is 0.344. The number of carbonyl (C=O) groups excluding carboxylic acids is 2. The lowest BCUT2D eigenvalue weighted by Crippen LogP contribution is -2.43. The first kappa shape index (κ1) is 28.0. The van der Waals surface area contributed by atoms with Gasteiger partial charge in [0.1, 0.15) is 37.2 Å². The number of carboxylic acids is 1. The number of carboxylic acid groups (broad SMARTS) is 1. The van der Waals surface area contributed by atoms with Crippen molar-refractivity contribution in [3.63, 3.8) is 0 Å². The second kappa shape index (κ2) is 11.5. The molecular weight excluding hydrogens is 524 g/mol. The Hall–Kier alpha value is -4.53. The topological polar surface area (TPSA) is 114 Å². The van der Waals surface area contributed by atoms with Gasteiger partial charge in [0, 0.05) is 12.3 Å². The Balaban J connectivity index is 1.24. The van der Waals surface area contributed by atoms with Crippen LogP contribution in [0.3, 0.4) is 0 Å². The third-order valence-corrected chi connectivity index (χ3v) is 7.10. The van der Waals surface area contributed by atoms with E-state index < -0.39 is 23.7 Å². The predicted molar refractivity (Wildman–Crippen MR) is 153 cm³/mol. The molecule has 5 rings (SSSR count). The molecule has 1 atom stereocenters. The van der Waals surface area contributed by atoms with Crippen molar-refractivity contribution in [2.24, 2.45) is 0 Å². The van der Waals surface area contributed by atoms with E-state index in [0.29, 0.717) is 30.2 Å². The molecule has 9 heteroatoms. The summed E-state index contributed by atoms with van der Waals surface area (Å²) >= 11 is 0. The minimum Gasteiger partial charge on any atom is -0.490 e. The largest absolute Gasteiger partial charge is 0.490 e. The number of anilines is 1. The van der Waals surface area contributed by atoms with Gasteiger partial charge in [0.05, 0.1) is 12.2 Å². The van der Waals surface area contributed by atoms with Crippen LogP contribution >= 0.6 is 0 Å². The molecule has 0 saturated carbocycles. The Morgan fingerprint density at radius 1 is 1.02 bits per heavy atom.